The number of thioether (sulfide) groups is 1. The zero-order valence-corrected chi connectivity index (χ0v) is 16.8. The lowest BCUT2D eigenvalue weighted by Gasteiger charge is -2.25. The molecule has 2 aromatic rings. The molecule has 1 aliphatic heterocycles. The molecule has 3 rings (SSSR count). The largest absolute Gasteiger partial charge is 0.489 e. The molecule has 0 bridgehead atoms. The van der Waals surface area contributed by atoms with Gasteiger partial charge in [-0.05, 0) is 18.6 Å². The average Bonchev–Trinajstić information content (AvgIpc) is 3.21. The first-order valence-corrected chi connectivity index (χ1v) is 10.6. The van der Waals surface area contributed by atoms with E-state index in [1.54, 1.807) is 18.7 Å². The first-order valence-electron chi connectivity index (χ1n) is 9.51. The van der Waals surface area contributed by atoms with Crippen molar-refractivity contribution in [3.63, 3.8) is 0 Å². The summed E-state index contributed by atoms with van der Waals surface area (Å²) in [7, 11) is 0. The molecule has 0 radical (unpaired) electrons. The van der Waals surface area contributed by atoms with Gasteiger partial charge < -0.3 is 14.4 Å². The maximum atomic E-state index is 12.7. The second-order valence-corrected chi connectivity index (χ2v) is 7.62. The molecule has 0 aromatic heterocycles. The molecule has 1 aliphatic rings. The number of carbonyl (C=O) groups excluding carboxylic acids is 2. The number of esters is 1. The van der Waals surface area contributed by atoms with E-state index in [4.69, 9.17) is 9.47 Å². The first-order chi connectivity index (χ1) is 13.7. The van der Waals surface area contributed by atoms with E-state index < -0.39 is 0 Å². The number of nitrogens with zero attached hydrogens (tertiary/aromatic N) is 1. The fourth-order valence-electron chi connectivity index (χ4n) is 3.12. The third-order valence-electron chi connectivity index (χ3n) is 4.48. The Labute approximate surface area is 170 Å². The molecule has 1 fully saturated rings. The second-order valence-electron chi connectivity index (χ2n) is 6.43. The molecule has 28 heavy (non-hydrogen) atoms. The van der Waals surface area contributed by atoms with Gasteiger partial charge in [-0.3, -0.25) is 9.59 Å². The van der Waals surface area contributed by atoms with Gasteiger partial charge in [0.15, 0.2) is 0 Å². The zero-order valence-electron chi connectivity index (χ0n) is 16.0. The van der Waals surface area contributed by atoms with Gasteiger partial charge in [-0.15, -0.1) is 11.8 Å². The Morgan fingerprint density at radius 1 is 1.07 bits per heavy atom. The van der Waals surface area contributed by atoms with E-state index in [9.17, 15) is 9.59 Å². The van der Waals surface area contributed by atoms with Crippen LogP contribution in [0.15, 0.2) is 54.6 Å². The van der Waals surface area contributed by atoms with Gasteiger partial charge in [-0.2, -0.15) is 0 Å². The van der Waals surface area contributed by atoms with E-state index in [1.807, 2.05) is 59.5 Å². The molecule has 1 amide bonds. The highest BCUT2D eigenvalue weighted by molar-refractivity contribution is 7.99. The summed E-state index contributed by atoms with van der Waals surface area (Å²) in [6, 6.07) is 17.9. The maximum Gasteiger partial charge on any atom is 0.306 e. The van der Waals surface area contributed by atoms with Gasteiger partial charge in [0.2, 0.25) is 5.91 Å². The number of rotatable bonds is 8. The van der Waals surface area contributed by atoms with Gasteiger partial charge in [-0.1, -0.05) is 48.5 Å². The maximum absolute atomic E-state index is 12.7. The van der Waals surface area contributed by atoms with Crippen molar-refractivity contribution in [3.05, 3.63) is 65.7 Å². The van der Waals surface area contributed by atoms with Crippen molar-refractivity contribution in [2.75, 3.05) is 18.9 Å². The number of hydrogen-bond acceptors (Lipinski definition) is 5. The molecular weight excluding hydrogens is 374 g/mol. The number of amides is 1. The molecule has 1 saturated heterocycles. The van der Waals surface area contributed by atoms with Crippen LogP contribution in [0.4, 0.5) is 0 Å². The molecule has 2 aromatic carbocycles. The average molecular weight is 400 g/mol. The molecule has 0 spiro atoms. The minimum Gasteiger partial charge on any atom is -0.489 e. The summed E-state index contributed by atoms with van der Waals surface area (Å²) in [5.74, 6) is 1.30. The molecule has 0 saturated carbocycles. The summed E-state index contributed by atoms with van der Waals surface area (Å²) in [4.78, 5) is 26.1. The van der Waals surface area contributed by atoms with Crippen LogP contribution in [-0.2, 0) is 20.9 Å². The lowest BCUT2D eigenvalue weighted by Crippen LogP contribution is -2.31. The van der Waals surface area contributed by atoms with Crippen LogP contribution in [0.2, 0.25) is 0 Å². The lowest BCUT2D eigenvalue weighted by molar-refractivity contribution is -0.145. The highest BCUT2D eigenvalue weighted by atomic mass is 32.2. The Balaban J connectivity index is 1.67. The van der Waals surface area contributed by atoms with Gasteiger partial charge in [-0.25, -0.2) is 0 Å². The Hall–Kier alpha value is -2.47. The summed E-state index contributed by atoms with van der Waals surface area (Å²) < 4.78 is 11.0. The second kappa shape index (κ2) is 10.2. The number of hydrogen-bond donors (Lipinski definition) is 0. The smallest absolute Gasteiger partial charge is 0.306 e. The van der Waals surface area contributed by atoms with E-state index in [0.29, 0.717) is 19.8 Å². The van der Waals surface area contributed by atoms with Gasteiger partial charge in [0.1, 0.15) is 17.7 Å². The standard InChI is InChI=1S/C22H25NO4S/c1-2-26-21(25)13-12-20(24)23-14-15-28-22(23)18-10-6-7-11-19(18)27-16-17-8-4-3-5-9-17/h3-11,22H,2,12-16H2,1H3. The van der Waals surface area contributed by atoms with E-state index in [1.165, 1.54) is 0 Å². The lowest BCUT2D eigenvalue weighted by atomic mass is 10.1. The minimum atomic E-state index is -0.328. The van der Waals surface area contributed by atoms with Crippen LogP contribution in [0.3, 0.4) is 0 Å². The van der Waals surface area contributed by atoms with Crippen molar-refractivity contribution in [3.8, 4) is 5.75 Å². The predicted octanol–water partition coefficient (Wildman–Crippen LogP) is 4.18. The van der Waals surface area contributed by atoms with Crippen molar-refractivity contribution in [2.45, 2.75) is 31.7 Å². The van der Waals surface area contributed by atoms with Crippen LogP contribution in [-0.4, -0.2) is 35.7 Å². The van der Waals surface area contributed by atoms with Crippen LogP contribution in [0.25, 0.3) is 0 Å². The zero-order chi connectivity index (χ0) is 19.8. The monoisotopic (exact) mass is 399 g/mol. The van der Waals surface area contributed by atoms with Crippen LogP contribution in [0, 0.1) is 0 Å². The molecule has 5 nitrogen and oxygen atoms in total. The summed E-state index contributed by atoms with van der Waals surface area (Å²) in [5.41, 5.74) is 2.09. The normalized spacial score (nSPS) is 16.0. The number of para-hydroxylation sites is 1. The molecule has 0 aliphatic carbocycles. The molecule has 1 heterocycles. The summed E-state index contributed by atoms with van der Waals surface area (Å²) in [6.07, 6.45) is 0.287. The van der Waals surface area contributed by atoms with Gasteiger partial charge in [0, 0.05) is 24.3 Å². The molecule has 1 atom stereocenters. The van der Waals surface area contributed by atoms with Gasteiger partial charge in [0.25, 0.3) is 0 Å². The van der Waals surface area contributed by atoms with Crippen LogP contribution in [0.5, 0.6) is 5.75 Å². The fraction of sp³-hybridized carbons (Fsp3) is 0.364. The number of carbonyl (C=O) groups is 2. The van der Waals surface area contributed by atoms with E-state index in [0.717, 1.165) is 22.6 Å². The van der Waals surface area contributed by atoms with Gasteiger partial charge >= 0.3 is 5.97 Å². The topological polar surface area (TPSA) is 55.8 Å². The molecule has 6 heteroatoms. The Bertz CT molecular complexity index is 796. The van der Waals surface area contributed by atoms with Crippen molar-refractivity contribution >= 4 is 23.6 Å². The third-order valence-corrected chi connectivity index (χ3v) is 5.72. The molecule has 0 N–H and O–H groups in total. The fourth-order valence-corrected chi connectivity index (χ4v) is 4.42. The summed E-state index contributed by atoms with van der Waals surface area (Å²) in [5, 5.41) is -0.0957. The van der Waals surface area contributed by atoms with Crippen molar-refractivity contribution in [2.24, 2.45) is 0 Å². The Kier molecular flexibility index (Phi) is 7.37. The highest BCUT2D eigenvalue weighted by Crippen LogP contribution is 2.42. The van der Waals surface area contributed by atoms with Crippen molar-refractivity contribution in [1.29, 1.82) is 0 Å². The summed E-state index contributed by atoms with van der Waals surface area (Å²) in [6.45, 7) is 3.25. The van der Waals surface area contributed by atoms with E-state index in [2.05, 4.69) is 0 Å². The third kappa shape index (κ3) is 5.29. The minimum absolute atomic E-state index is 0.0269. The molecule has 148 valence electrons. The quantitative estimate of drug-likeness (QED) is 0.623. The predicted molar refractivity (Wildman–Crippen MR) is 110 cm³/mol. The van der Waals surface area contributed by atoms with Crippen LogP contribution < -0.4 is 4.74 Å². The number of benzene rings is 2. The summed E-state index contributed by atoms with van der Waals surface area (Å²) >= 11 is 1.72. The number of ether oxygens (including phenoxy) is 2. The SMILES string of the molecule is CCOC(=O)CCC(=O)N1CCSC1c1ccccc1OCc1ccccc1. The van der Waals surface area contributed by atoms with E-state index in [-0.39, 0.29) is 30.1 Å². The van der Waals surface area contributed by atoms with Crippen molar-refractivity contribution < 1.29 is 19.1 Å². The van der Waals surface area contributed by atoms with E-state index >= 15 is 0 Å². The molecule has 1 unspecified atom stereocenters. The molecular formula is C22H25NO4S. The first kappa shape index (κ1) is 20.3. The van der Waals surface area contributed by atoms with Crippen LogP contribution >= 0.6 is 11.8 Å². The Morgan fingerprint density at radius 3 is 2.61 bits per heavy atom. The Morgan fingerprint density at radius 2 is 1.82 bits per heavy atom. The van der Waals surface area contributed by atoms with Crippen molar-refractivity contribution in [1.82, 2.24) is 4.90 Å². The highest BCUT2D eigenvalue weighted by Gasteiger charge is 2.32. The van der Waals surface area contributed by atoms with Crippen LogP contribution in [0.1, 0.15) is 36.3 Å². The van der Waals surface area contributed by atoms with Gasteiger partial charge in [0.05, 0.1) is 13.0 Å².